The fourth-order valence-electron chi connectivity index (χ4n) is 0.338. The fraction of sp³-hybridized carbons (Fsp3) is 0.250. The first-order valence-electron chi connectivity index (χ1n) is 2.16. The summed E-state index contributed by atoms with van der Waals surface area (Å²) in [5.41, 5.74) is 0. The van der Waals surface area contributed by atoms with Crippen molar-refractivity contribution in [1.29, 1.82) is 0 Å². The Kier molecular flexibility index (Phi) is 2.81. The van der Waals surface area contributed by atoms with Gasteiger partial charge in [-0.2, -0.15) is 0 Å². The van der Waals surface area contributed by atoms with E-state index in [1.54, 1.807) is 23.1 Å². The Labute approximate surface area is 66.5 Å². The molecule has 0 aliphatic carbocycles. The van der Waals surface area contributed by atoms with Gasteiger partial charge in [-0.05, 0) is 6.26 Å². The van der Waals surface area contributed by atoms with Crippen molar-refractivity contribution in [3.63, 3.8) is 0 Å². The maximum atomic E-state index is 3.88. The highest BCUT2D eigenvalue weighted by Gasteiger charge is 1.98. The number of rotatable bonds is 2. The van der Waals surface area contributed by atoms with Crippen LogP contribution in [0.25, 0.3) is 0 Å². The third-order valence-electron chi connectivity index (χ3n) is 0.686. The molecule has 1 radical (unpaired) electrons. The van der Waals surface area contributed by atoms with Gasteiger partial charge in [-0.3, -0.25) is 0 Å². The average Bonchev–Trinajstić information content (AvgIpc) is 2.34. The molecular formula is C4H5N2S3. The van der Waals surface area contributed by atoms with Gasteiger partial charge in [0.2, 0.25) is 0 Å². The van der Waals surface area contributed by atoms with Gasteiger partial charge in [-0.25, -0.2) is 0 Å². The van der Waals surface area contributed by atoms with Crippen LogP contribution in [0.15, 0.2) is 8.68 Å². The molecule has 2 nitrogen and oxygen atoms in total. The van der Waals surface area contributed by atoms with Crippen molar-refractivity contribution in [3.05, 3.63) is 6.26 Å². The van der Waals surface area contributed by atoms with E-state index in [0.717, 1.165) is 8.68 Å². The van der Waals surface area contributed by atoms with Crippen molar-refractivity contribution in [1.82, 2.24) is 10.2 Å². The summed E-state index contributed by atoms with van der Waals surface area (Å²) in [4.78, 5) is 0. The molecule has 0 aromatic carbocycles. The van der Waals surface area contributed by atoms with Crippen LogP contribution in [0.3, 0.4) is 0 Å². The molecule has 0 amide bonds. The van der Waals surface area contributed by atoms with Gasteiger partial charge in [0.15, 0.2) is 8.68 Å². The zero-order chi connectivity index (χ0) is 6.69. The predicted octanol–water partition coefficient (Wildman–Crippen LogP) is 2.14. The molecule has 5 heteroatoms. The molecule has 1 heterocycles. The summed E-state index contributed by atoms with van der Waals surface area (Å²) in [5, 5.41) is 7.73. The summed E-state index contributed by atoms with van der Waals surface area (Å²) < 4.78 is 1.93. The van der Waals surface area contributed by atoms with Gasteiger partial charge in [0, 0.05) is 6.26 Å². The van der Waals surface area contributed by atoms with E-state index in [-0.39, 0.29) is 0 Å². The second kappa shape index (κ2) is 3.43. The number of thioether (sulfide) groups is 2. The average molecular weight is 177 g/mol. The smallest absolute Gasteiger partial charge is 0.131 e. The highest BCUT2D eigenvalue weighted by atomic mass is 32.2. The lowest BCUT2D eigenvalue weighted by molar-refractivity contribution is 0.957. The van der Waals surface area contributed by atoms with Gasteiger partial charge in [0.05, 0.1) is 0 Å². The summed E-state index contributed by atoms with van der Waals surface area (Å²) >= 11 is 4.57. The number of hydrogen-bond acceptors (Lipinski definition) is 5. The van der Waals surface area contributed by atoms with Crippen LogP contribution >= 0.6 is 34.9 Å². The quantitative estimate of drug-likeness (QED) is 0.646. The van der Waals surface area contributed by atoms with Crippen LogP contribution in [-0.4, -0.2) is 16.5 Å². The molecule has 0 atom stereocenters. The van der Waals surface area contributed by atoms with Crippen molar-refractivity contribution in [2.24, 2.45) is 0 Å². The summed E-state index contributed by atoms with van der Waals surface area (Å²) in [6.45, 7) is 0. The largest absolute Gasteiger partial charge is 0.175 e. The maximum absolute atomic E-state index is 3.88. The molecular weight excluding hydrogens is 172 g/mol. The van der Waals surface area contributed by atoms with Crippen LogP contribution in [0.1, 0.15) is 0 Å². The molecule has 1 rings (SSSR count). The molecule has 0 bridgehead atoms. The Hall–Kier alpha value is 0.260. The maximum Gasteiger partial charge on any atom is 0.175 e. The second-order valence-electron chi connectivity index (χ2n) is 1.18. The summed E-state index contributed by atoms with van der Waals surface area (Å²) in [5.74, 6) is 0. The number of aromatic nitrogens is 2. The number of hydrogen-bond donors (Lipinski definition) is 0. The predicted molar refractivity (Wildman–Crippen MR) is 42.9 cm³/mol. The number of nitrogens with zero attached hydrogens (tertiary/aromatic N) is 2. The van der Waals surface area contributed by atoms with Crippen LogP contribution in [0, 0.1) is 6.26 Å². The topological polar surface area (TPSA) is 25.8 Å². The van der Waals surface area contributed by atoms with E-state index < -0.39 is 0 Å². The Balaban J connectivity index is 2.74. The van der Waals surface area contributed by atoms with Crippen LogP contribution in [-0.2, 0) is 0 Å². The standard InChI is InChI=1S/C4H5N2S3/c1-7-3-5-6-4(8-2)9-3/h1H2,2H3. The summed E-state index contributed by atoms with van der Waals surface area (Å²) in [6, 6.07) is 0. The lowest BCUT2D eigenvalue weighted by Gasteiger charge is -1.78. The molecule has 0 saturated carbocycles. The van der Waals surface area contributed by atoms with Gasteiger partial charge in [-0.15, -0.1) is 10.2 Å². The molecule has 0 aliphatic rings. The molecule has 1 aromatic heterocycles. The van der Waals surface area contributed by atoms with E-state index in [9.17, 15) is 0 Å². The zero-order valence-electron chi connectivity index (χ0n) is 4.83. The molecule has 0 unspecified atom stereocenters. The minimum absolute atomic E-state index is 0.930. The van der Waals surface area contributed by atoms with E-state index >= 15 is 0 Å². The van der Waals surface area contributed by atoms with E-state index in [2.05, 4.69) is 16.5 Å². The fourth-order valence-corrected chi connectivity index (χ4v) is 2.07. The van der Waals surface area contributed by atoms with Crippen molar-refractivity contribution in [3.8, 4) is 0 Å². The van der Waals surface area contributed by atoms with E-state index in [4.69, 9.17) is 0 Å². The minimum Gasteiger partial charge on any atom is -0.131 e. The van der Waals surface area contributed by atoms with Crippen LogP contribution in [0.5, 0.6) is 0 Å². The molecule has 49 valence electrons. The van der Waals surface area contributed by atoms with Crippen LogP contribution in [0.4, 0.5) is 0 Å². The van der Waals surface area contributed by atoms with Gasteiger partial charge in [0.1, 0.15) is 0 Å². The first-order valence-corrected chi connectivity index (χ1v) is 5.19. The van der Waals surface area contributed by atoms with Gasteiger partial charge in [0.25, 0.3) is 0 Å². The molecule has 0 aliphatic heterocycles. The minimum atomic E-state index is 0.930. The Bertz CT molecular complexity index is 167. The molecule has 9 heavy (non-hydrogen) atoms. The van der Waals surface area contributed by atoms with Crippen LogP contribution < -0.4 is 0 Å². The highest BCUT2D eigenvalue weighted by molar-refractivity contribution is 8.03. The van der Waals surface area contributed by atoms with Crippen molar-refractivity contribution >= 4 is 34.9 Å². The first-order chi connectivity index (χ1) is 4.36. The van der Waals surface area contributed by atoms with E-state index in [1.165, 1.54) is 11.8 Å². The third-order valence-corrected chi connectivity index (χ3v) is 3.31. The van der Waals surface area contributed by atoms with Gasteiger partial charge < -0.3 is 0 Å². The summed E-state index contributed by atoms with van der Waals surface area (Å²) in [6.07, 6.45) is 5.60. The van der Waals surface area contributed by atoms with Gasteiger partial charge >= 0.3 is 0 Å². The van der Waals surface area contributed by atoms with E-state index in [1.807, 2.05) is 6.26 Å². The van der Waals surface area contributed by atoms with Crippen LogP contribution in [0.2, 0.25) is 0 Å². The SMILES string of the molecule is [CH2]Sc1nnc(SC)s1. The van der Waals surface area contributed by atoms with Crippen molar-refractivity contribution in [2.45, 2.75) is 8.68 Å². The zero-order valence-corrected chi connectivity index (χ0v) is 7.28. The molecule has 0 spiro atoms. The summed E-state index contributed by atoms with van der Waals surface area (Å²) in [7, 11) is 0. The van der Waals surface area contributed by atoms with Crippen molar-refractivity contribution < 1.29 is 0 Å². The molecule has 0 N–H and O–H groups in total. The van der Waals surface area contributed by atoms with E-state index in [0.29, 0.717) is 0 Å². The monoisotopic (exact) mass is 177 g/mol. The Morgan fingerprint density at radius 3 is 2.44 bits per heavy atom. The molecule has 0 fully saturated rings. The first kappa shape index (κ1) is 7.37. The molecule has 1 aromatic rings. The normalized spacial score (nSPS) is 10.0. The Morgan fingerprint density at radius 2 is 2.11 bits per heavy atom. The van der Waals surface area contributed by atoms with Gasteiger partial charge in [-0.1, -0.05) is 34.9 Å². The lowest BCUT2D eigenvalue weighted by Crippen LogP contribution is -1.67. The highest BCUT2D eigenvalue weighted by Crippen LogP contribution is 2.25. The molecule has 0 saturated heterocycles. The Morgan fingerprint density at radius 1 is 1.44 bits per heavy atom. The lowest BCUT2D eigenvalue weighted by atomic mass is 11.6. The van der Waals surface area contributed by atoms with Crippen molar-refractivity contribution in [2.75, 3.05) is 6.26 Å². The second-order valence-corrected chi connectivity index (χ2v) is 4.15. The third kappa shape index (κ3) is 1.84.